The summed E-state index contributed by atoms with van der Waals surface area (Å²) in [6.07, 6.45) is 5.25. The fraction of sp³-hybridized carbons (Fsp3) is 0.458. The van der Waals surface area contributed by atoms with E-state index in [1.54, 1.807) is 19.3 Å². The Kier molecular flexibility index (Phi) is 6.58. The van der Waals surface area contributed by atoms with E-state index in [9.17, 15) is 8.42 Å². The molecule has 1 saturated carbocycles. The van der Waals surface area contributed by atoms with Crippen LogP contribution >= 0.6 is 0 Å². The molecule has 35 heavy (non-hydrogen) atoms. The second-order valence-corrected chi connectivity index (χ2v) is 11.4. The van der Waals surface area contributed by atoms with E-state index in [2.05, 4.69) is 54.6 Å². The highest BCUT2D eigenvalue weighted by Gasteiger charge is 2.46. The van der Waals surface area contributed by atoms with E-state index in [1.807, 2.05) is 7.05 Å². The number of nitrogens with two attached hydrogens (primary N) is 1. The van der Waals surface area contributed by atoms with Gasteiger partial charge in [0.15, 0.2) is 11.6 Å². The maximum Gasteiger partial charge on any atom is 0.211 e. The molecule has 2 fully saturated rings. The van der Waals surface area contributed by atoms with Crippen molar-refractivity contribution in [3.63, 3.8) is 0 Å². The lowest BCUT2D eigenvalue weighted by atomic mass is 9.91. The van der Waals surface area contributed by atoms with Gasteiger partial charge < -0.3 is 21.4 Å². The Morgan fingerprint density at radius 3 is 2.66 bits per heavy atom. The zero-order chi connectivity index (χ0) is 24.6. The quantitative estimate of drug-likeness (QED) is 0.317. The number of imidazole rings is 1. The molecule has 4 unspecified atom stereocenters. The molecule has 1 saturated heterocycles. The van der Waals surface area contributed by atoms with E-state index in [-0.39, 0.29) is 29.7 Å². The second kappa shape index (κ2) is 9.65. The van der Waals surface area contributed by atoms with Gasteiger partial charge in [-0.2, -0.15) is 0 Å². The number of nitrogens with one attached hydrogen (secondary N) is 4. The van der Waals surface area contributed by atoms with Crippen LogP contribution in [0.2, 0.25) is 0 Å². The minimum absolute atomic E-state index is 0.00265. The smallest absolute Gasteiger partial charge is 0.211 e. The lowest BCUT2D eigenvalue weighted by Gasteiger charge is -2.20. The maximum absolute atomic E-state index is 12.1. The van der Waals surface area contributed by atoms with Gasteiger partial charge in [-0.05, 0) is 49.8 Å². The van der Waals surface area contributed by atoms with E-state index in [4.69, 9.17) is 10.7 Å². The molecule has 2 aliphatic rings. The van der Waals surface area contributed by atoms with Crippen LogP contribution in [-0.2, 0) is 16.6 Å². The van der Waals surface area contributed by atoms with Crippen LogP contribution in [0.15, 0.2) is 36.7 Å². The molecule has 1 aliphatic carbocycles. The molecule has 0 spiro atoms. The van der Waals surface area contributed by atoms with Crippen LogP contribution in [0.1, 0.15) is 37.1 Å². The summed E-state index contributed by atoms with van der Waals surface area (Å²) in [6, 6.07) is 8.23. The first-order valence-electron chi connectivity index (χ1n) is 12.0. The average Bonchev–Trinajstić information content (AvgIpc) is 3.58. The highest BCUT2D eigenvalue weighted by Crippen LogP contribution is 2.44. The molecule has 4 atom stereocenters. The van der Waals surface area contributed by atoms with Gasteiger partial charge in [-0.25, -0.2) is 28.1 Å². The number of aromatic nitrogens is 4. The van der Waals surface area contributed by atoms with E-state index >= 15 is 0 Å². The number of anilines is 1. The number of sulfonamides is 1. The third kappa shape index (κ3) is 4.81. The molecular weight excluding hydrogens is 464 g/mol. The first-order valence-corrected chi connectivity index (χ1v) is 13.7. The molecule has 1 aliphatic heterocycles. The summed E-state index contributed by atoms with van der Waals surface area (Å²) in [5.74, 6) is 1.49. The molecule has 0 radical (unpaired) electrons. The molecule has 186 valence electrons. The van der Waals surface area contributed by atoms with Gasteiger partial charge in [0.1, 0.15) is 5.69 Å². The predicted molar refractivity (Wildman–Crippen MR) is 136 cm³/mol. The molecule has 0 amide bonds. The Balaban J connectivity index is 1.36. The van der Waals surface area contributed by atoms with Crippen molar-refractivity contribution < 1.29 is 8.42 Å². The molecule has 5 rings (SSSR count). The monoisotopic (exact) mass is 496 g/mol. The van der Waals surface area contributed by atoms with Crippen molar-refractivity contribution >= 4 is 15.8 Å². The summed E-state index contributed by atoms with van der Waals surface area (Å²) >= 11 is 0. The molecule has 1 aromatic carbocycles. The Morgan fingerprint density at radius 2 is 1.91 bits per heavy atom. The summed E-state index contributed by atoms with van der Waals surface area (Å²) in [5, 5.41) is 6.69. The first-order chi connectivity index (χ1) is 16.9. The van der Waals surface area contributed by atoms with Crippen LogP contribution in [-0.4, -0.2) is 53.7 Å². The van der Waals surface area contributed by atoms with Gasteiger partial charge in [-0.1, -0.05) is 24.3 Å². The number of rotatable bonds is 8. The number of nitrogen functional groups attached to an aromatic ring is 1. The van der Waals surface area contributed by atoms with E-state index < -0.39 is 10.0 Å². The van der Waals surface area contributed by atoms with Gasteiger partial charge in [0.25, 0.3) is 0 Å². The summed E-state index contributed by atoms with van der Waals surface area (Å²) in [4.78, 5) is 17.1. The Morgan fingerprint density at radius 1 is 1.11 bits per heavy atom. The number of hydrogen-bond acceptors (Lipinski definition) is 8. The normalized spacial score (nSPS) is 24.1. The number of H-pyrrole nitrogens is 1. The SMILES string of the molecule is CCS(=O)(=O)NC1CCC2C(c3cnc(N)c(-c4ncc(-c5ccc(CNC)cc5)[nH]4)n3)NCC12. The molecule has 2 aromatic heterocycles. The summed E-state index contributed by atoms with van der Waals surface area (Å²) in [6.45, 7) is 3.22. The van der Waals surface area contributed by atoms with E-state index in [0.717, 1.165) is 42.9 Å². The molecule has 3 heterocycles. The lowest BCUT2D eigenvalue weighted by molar-refractivity contribution is 0.389. The Labute approximate surface area is 205 Å². The van der Waals surface area contributed by atoms with Crippen LogP contribution in [0.4, 0.5) is 5.82 Å². The lowest BCUT2D eigenvalue weighted by Crippen LogP contribution is -2.40. The number of fused-ring (bicyclic) bond motifs is 1. The number of aromatic amines is 1. The minimum Gasteiger partial charge on any atom is -0.382 e. The summed E-state index contributed by atoms with van der Waals surface area (Å²) in [7, 11) is -1.31. The van der Waals surface area contributed by atoms with Crippen molar-refractivity contribution in [3.8, 4) is 22.8 Å². The first kappa shape index (κ1) is 23.9. The standard InChI is InChI=1S/C24H32N8O2S/c1-3-35(33,34)32-18-9-8-16-17(18)11-27-21(16)20-13-28-23(25)22(30-20)24-29-12-19(31-24)15-6-4-14(5-7-15)10-26-2/h4-7,12-13,16-18,21,26-27,32H,3,8-11H2,1-2H3,(H2,25,28)(H,29,31). The Hall–Kier alpha value is -2.86. The fourth-order valence-electron chi connectivity index (χ4n) is 5.34. The molecular formula is C24H32N8O2S. The van der Waals surface area contributed by atoms with Gasteiger partial charge in [-0.15, -0.1) is 0 Å². The van der Waals surface area contributed by atoms with Gasteiger partial charge >= 0.3 is 0 Å². The van der Waals surface area contributed by atoms with E-state index in [0.29, 0.717) is 17.3 Å². The zero-order valence-corrected chi connectivity index (χ0v) is 20.8. The third-order valence-corrected chi connectivity index (χ3v) is 8.60. The van der Waals surface area contributed by atoms with E-state index in [1.165, 1.54) is 5.56 Å². The molecule has 0 bridgehead atoms. The minimum atomic E-state index is -3.24. The van der Waals surface area contributed by atoms with Crippen molar-refractivity contribution in [2.45, 2.75) is 38.4 Å². The largest absolute Gasteiger partial charge is 0.382 e. The van der Waals surface area contributed by atoms with Crippen molar-refractivity contribution in [2.24, 2.45) is 11.8 Å². The number of benzene rings is 1. The summed E-state index contributed by atoms with van der Waals surface area (Å²) < 4.78 is 27.1. The summed E-state index contributed by atoms with van der Waals surface area (Å²) in [5.41, 5.74) is 10.6. The van der Waals surface area contributed by atoms with Crippen LogP contribution in [0, 0.1) is 11.8 Å². The number of hydrogen-bond donors (Lipinski definition) is 5. The van der Waals surface area contributed by atoms with Gasteiger partial charge in [-0.3, -0.25) is 0 Å². The predicted octanol–water partition coefficient (Wildman–Crippen LogP) is 1.81. The van der Waals surface area contributed by atoms with Crippen molar-refractivity contribution in [1.82, 2.24) is 35.3 Å². The van der Waals surface area contributed by atoms with Gasteiger partial charge in [0.05, 0.1) is 35.6 Å². The topological polar surface area (TPSA) is 151 Å². The zero-order valence-electron chi connectivity index (χ0n) is 20.0. The third-order valence-electron chi connectivity index (χ3n) is 7.17. The molecule has 6 N–H and O–H groups in total. The van der Waals surface area contributed by atoms with Crippen molar-refractivity contribution in [3.05, 3.63) is 47.9 Å². The maximum atomic E-state index is 12.1. The Bertz CT molecular complexity index is 1290. The van der Waals surface area contributed by atoms with Gasteiger partial charge in [0.2, 0.25) is 10.0 Å². The average molecular weight is 497 g/mol. The molecule has 10 nitrogen and oxygen atoms in total. The molecule has 3 aromatic rings. The van der Waals surface area contributed by atoms with Crippen LogP contribution in [0.3, 0.4) is 0 Å². The van der Waals surface area contributed by atoms with Crippen LogP contribution in [0.5, 0.6) is 0 Å². The van der Waals surface area contributed by atoms with Crippen molar-refractivity contribution in [2.75, 3.05) is 25.1 Å². The number of nitrogens with zero attached hydrogens (tertiary/aromatic N) is 3. The highest BCUT2D eigenvalue weighted by atomic mass is 32.2. The highest BCUT2D eigenvalue weighted by molar-refractivity contribution is 7.89. The van der Waals surface area contributed by atoms with Crippen molar-refractivity contribution in [1.29, 1.82) is 0 Å². The van der Waals surface area contributed by atoms with Gasteiger partial charge in [0, 0.05) is 19.1 Å². The van der Waals surface area contributed by atoms with Crippen LogP contribution in [0.25, 0.3) is 22.8 Å². The molecule has 11 heteroatoms. The fourth-order valence-corrected chi connectivity index (χ4v) is 6.26. The second-order valence-electron chi connectivity index (χ2n) is 9.32. The van der Waals surface area contributed by atoms with Crippen LogP contribution < -0.4 is 21.1 Å².